The highest BCUT2D eigenvalue weighted by Crippen LogP contribution is 2.17. The molecule has 0 unspecified atom stereocenters. The Kier molecular flexibility index (Phi) is 4.37. The number of anilines is 1. The number of rotatable bonds is 3. The number of benzene rings is 2. The van der Waals surface area contributed by atoms with Crippen LogP contribution in [0.2, 0.25) is 0 Å². The van der Waals surface area contributed by atoms with Gasteiger partial charge in [-0.1, -0.05) is 30.3 Å². The second-order valence-electron chi connectivity index (χ2n) is 5.51. The van der Waals surface area contributed by atoms with Gasteiger partial charge in [0.1, 0.15) is 5.82 Å². The molecule has 0 radical (unpaired) electrons. The molecular weight excluding hydrogens is 279 g/mol. The van der Waals surface area contributed by atoms with E-state index >= 15 is 0 Å². The quantitative estimate of drug-likeness (QED) is 0.870. The Morgan fingerprint density at radius 1 is 0.909 bits per heavy atom. The smallest absolute Gasteiger partial charge is 0.227 e. The van der Waals surface area contributed by atoms with Crippen molar-refractivity contribution in [3.8, 4) is 0 Å². The van der Waals surface area contributed by atoms with E-state index < -0.39 is 0 Å². The van der Waals surface area contributed by atoms with Gasteiger partial charge >= 0.3 is 0 Å². The highest BCUT2D eigenvalue weighted by atomic mass is 19.1. The summed E-state index contributed by atoms with van der Waals surface area (Å²) in [6.07, 6.45) is 0.456. The van der Waals surface area contributed by atoms with Gasteiger partial charge in [0.05, 0.1) is 6.42 Å². The molecule has 0 atom stereocenters. The summed E-state index contributed by atoms with van der Waals surface area (Å²) in [5, 5.41) is 0. The maximum atomic E-state index is 13.0. The minimum atomic E-state index is -0.222. The zero-order chi connectivity index (χ0) is 15.4. The molecule has 1 fully saturated rings. The zero-order valence-electron chi connectivity index (χ0n) is 12.4. The lowest BCUT2D eigenvalue weighted by molar-refractivity contribution is -0.130. The highest BCUT2D eigenvalue weighted by Gasteiger charge is 2.21. The lowest BCUT2D eigenvalue weighted by Crippen LogP contribution is -2.49. The second kappa shape index (κ2) is 6.60. The Balaban J connectivity index is 1.55. The molecule has 22 heavy (non-hydrogen) atoms. The Morgan fingerprint density at radius 3 is 2.18 bits per heavy atom. The molecule has 3 rings (SSSR count). The number of hydrogen-bond donors (Lipinski definition) is 0. The topological polar surface area (TPSA) is 23.6 Å². The molecular formula is C18H19FN2O. The minimum absolute atomic E-state index is 0.171. The molecule has 1 saturated heterocycles. The van der Waals surface area contributed by atoms with Gasteiger partial charge in [0, 0.05) is 31.9 Å². The summed E-state index contributed by atoms with van der Waals surface area (Å²) in [6.45, 7) is 2.99. The van der Waals surface area contributed by atoms with Gasteiger partial charge in [-0.05, 0) is 29.8 Å². The van der Waals surface area contributed by atoms with Gasteiger partial charge in [0.2, 0.25) is 5.91 Å². The van der Waals surface area contributed by atoms with Crippen LogP contribution in [0.1, 0.15) is 5.56 Å². The van der Waals surface area contributed by atoms with Crippen molar-refractivity contribution in [1.82, 2.24) is 4.90 Å². The molecule has 0 bridgehead atoms. The molecule has 1 heterocycles. The maximum Gasteiger partial charge on any atom is 0.227 e. The number of halogens is 1. The van der Waals surface area contributed by atoms with Crippen LogP contribution in [0, 0.1) is 5.82 Å². The van der Waals surface area contributed by atoms with Gasteiger partial charge < -0.3 is 9.80 Å². The molecule has 0 spiro atoms. The molecule has 4 heteroatoms. The SMILES string of the molecule is O=C(Cc1ccccc1)N1CCN(c2ccc(F)cc2)CC1. The Labute approximate surface area is 130 Å². The summed E-state index contributed by atoms with van der Waals surface area (Å²) < 4.78 is 13.0. The number of nitrogens with zero attached hydrogens (tertiary/aromatic N) is 2. The van der Waals surface area contributed by atoms with E-state index in [0.717, 1.165) is 24.3 Å². The zero-order valence-corrected chi connectivity index (χ0v) is 12.4. The van der Waals surface area contributed by atoms with Crippen molar-refractivity contribution < 1.29 is 9.18 Å². The van der Waals surface area contributed by atoms with Crippen molar-refractivity contribution in [3.05, 3.63) is 66.0 Å². The van der Waals surface area contributed by atoms with Gasteiger partial charge in [-0.25, -0.2) is 4.39 Å². The Bertz CT molecular complexity index is 619. The number of carbonyl (C=O) groups excluding carboxylic acids is 1. The predicted molar refractivity (Wildman–Crippen MR) is 85.3 cm³/mol. The van der Waals surface area contributed by atoms with Crippen LogP contribution >= 0.6 is 0 Å². The van der Waals surface area contributed by atoms with Crippen molar-refractivity contribution >= 4 is 11.6 Å². The van der Waals surface area contributed by atoms with Crippen LogP contribution in [0.25, 0.3) is 0 Å². The fraction of sp³-hybridized carbons (Fsp3) is 0.278. The molecule has 1 aliphatic heterocycles. The first-order valence-electron chi connectivity index (χ1n) is 7.54. The van der Waals surface area contributed by atoms with Crippen LogP contribution < -0.4 is 4.90 Å². The van der Waals surface area contributed by atoms with Gasteiger partial charge in [0.25, 0.3) is 0 Å². The van der Waals surface area contributed by atoms with E-state index in [1.54, 1.807) is 12.1 Å². The number of hydrogen-bond acceptors (Lipinski definition) is 2. The molecule has 3 nitrogen and oxygen atoms in total. The molecule has 0 aromatic heterocycles. The summed E-state index contributed by atoms with van der Waals surface area (Å²) in [6, 6.07) is 16.3. The van der Waals surface area contributed by atoms with Crippen LogP contribution in [-0.2, 0) is 11.2 Å². The van der Waals surface area contributed by atoms with E-state index in [2.05, 4.69) is 4.90 Å². The fourth-order valence-corrected chi connectivity index (χ4v) is 2.75. The summed E-state index contributed by atoms with van der Waals surface area (Å²) in [7, 11) is 0. The van der Waals surface area contributed by atoms with E-state index in [-0.39, 0.29) is 11.7 Å². The largest absolute Gasteiger partial charge is 0.368 e. The molecule has 114 valence electrons. The molecule has 2 aromatic carbocycles. The van der Waals surface area contributed by atoms with Crippen molar-refractivity contribution in [1.29, 1.82) is 0 Å². The lowest BCUT2D eigenvalue weighted by atomic mass is 10.1. The van der Waals surface area contributed by atoms with Crippen LogP contribution in [0.5, 0.6) is 0 Å². The minimum Gasteiger partial charge on any atom is -0.368 e. The van der Waals surface area contributed by atoms with Crippen molar-refractivity contribution in [2.24, 2.45) is 0 Å². The summed E-state index contributed by atoms with van der Waals surface area (Å²) in [4.78, 5) is 16.4. The predicted octanol–water partition coefficient (Wildman–Crippen LogP) is 2.72. The Hall–Kier alpha value is -2.36. The molecule has 0 N–H and O–H groups in total. The van der Waals surface area contributed by atoms with Crippen LogP contribution in [0.4, 0.5) is 10.1 Å². The standard InChI is InChI=1S/C18H19FN2O/c19-16-6-8-17(9-7-16)20-10-12-21(13-11-20)18(22)14-15-4-2-1-3-5-15/h1-9H,10-14H2. The van der Waals surface area contributed by atoms with Crippen molar-refractivity contribution in [3.63, 3.8) is 0 Å². The second-order valence-corrected chi connectivity index (χ2v) is 5.51. The third kappa shape index (κ3) is 3.45. The van der Waals surface area contributed by atoms with Crippen LogP contribution in [0.3, 0.4) is 0 Å². The van der Waals surface area contributed by atoms with E-state index in [1.165, 1.54) is 12.1 Å². The monoisotopic (exact) mass is 298 g/mol. The molecule has 2 aromatic rings. The number of carbonyl (C=O) groups is 1. The third-order valence-electron chi connectivity index (χ3n) is 4.02. The third-order valence-corrected chi connectivity index (χ3v) is 4.02. The highest BCUT2D eigenvalue weighted by molar-refractivity contribution is 5.79. The maximum absolute atomic E-state index is 13.0. The summed E-state index contributed by atoms with van der Waals surface area (Å²) >= 11 is 0. The summed E-state index contributed by atoms with van der Waals surface area (Å²) in [5.74, 6) is -0.0506. The molecule has 1 amide bonds. The van der Waals surface area contributed by atoms with Gasteiger partial charge in [-0.15, -0.1) is 0 Å². The first kappa shape index (κ1) is 14.6. The number of amides is 1. The van der Waals surface area contributed by atoms with Gasteiger partial charge in [-0.2, -0.15) is 0 Å². The van der Waals surface area contributed by atoms with E-state index in [4.69, 9.17) is 0 Å². The average molecular weight is 298 g/mol. The van der Waals surface area contributed by atoms with Crippen molar-refractivity contribution in [2.45, 2.75) is 6.42 Å². The molecule has 0 aliphatic carbocycles. The van der Waals surface area contributed by atoms with Gasteiger partial charge in [0.15, 0.2) is 0 Å². The first-order valence-corrected chi connectivity index (χ1v) is 7.54. The first-order chi connectivity index (χ1) is 10.7. The van der Waals surface area contributed by atoms with E-state index in [9.17, 15) is 9.18 Å². The average Bonchev–Trinajstić information content (AvgIpc) is 2.57. The normalized spacial score (nSPS) is 15.0. The van der Waals surface area contributed by atoms with E-state index in [0.29, 0.717) is 19.5 Å². The van der Waals surface area contributed by atoms with Crippen molar-refractivity contribution in [2.75, 3.05) is 31.1 Å². The van der Waals surface area contributed by atoms with Crippen LogP contribution in [0.15, 0.2) is 54.6 Å². The van der Waals surface area contributed by atoms with E-state index in [1.807, 2.05) is 35.2 Å². The summed E-state index contributed by atoms with van der Waals surface area (Å²) in [5.41, 5.74) is 2.06. The van der Waals surface area contributed by atoms with Gasteiger partial charge in [-0.3, -0.25) is 4.79 Å². The Morgan fingerprint density at radius 2 is 1.55 bits per heavy atom. The fourth-order valence-electron chi connectivity index (χ4n) is 2.75. The number of piperazine rings is 1. The van der Waals surface area contributed by atoms with Crippen LogP contribution in [-0.4, -0.2) is 37.0 Å². The lowest BCUT2D eigenvalue weighted by Gasteiger charge is -2.36. The molecule has 1 aliphatic rings. The molecule has 0 saturated carbocycles.